The van der Waals surface area contributed by atoms with Crippen molar-refractivity contribution in [3.8, 4) is 0 Å². The molecule has 5 heteroatoms. The third kappa shape index (κ3) is 3.22. The number of anilines is 1. The first-order chi connectivity index (χ1) is 8.58. The van der Waals surface area contributed by atoms with E-state index in [0.29, 0.717) is 11.0 Å². The van der Waals surface area contributed by atoms with Crippen LogP contribution in [0.1, 0.15) is 18.4 Å². The van der Waals surface area contributed by atoms with Crippen LogP contribution in [0.5, 0.6) is 0 Å². The fourth-order valence-corrected chi connectivity index (χ4v) is 2.88. The van der Waals surface area contributed by atoms with E-state index in [4.69, 9.17) is 18.0 Å². The third-order valence-corrected chi connectivity index (χ3v) is 4.16. The van der Waals surface area contributed by atoms with Gasteiger partial charge in [0.25, 0.3) is 0 Å². The molecule has 0 bridgehead atoms. The number of rotatable bonds is 4. The predicted octanol–water partition coefficient (Wildman–Crippen LogP) is 2.59. The molecule has 1 aromatic rings. The fourth-order valence-electron chi connectivity index (χ4n) is 2.34. The molecule has 0 amide bonds. The lowest BCUT2D eigenvalue weighted by Crippen LogP contribution is -2.32. The van der Waals surface area contributed by atoms with Crippen LogP contribution >= 0.6 is 28.1 Å². The average Bonchev–Trinajstić information content (AvgIpc) is 2.72. The molecule has 2 rings (SSSR count). The molecular formula is C13H18BrN3S. The molecule has 1 saturated heterocycles. The van der Waals surface area contributed by atoms with Gasteiger partial charge in [-0.05, 0) is 44.6 Å². The van der Waals surface area contributed by atoms with E-state index in [1.54, 1.807) is 0 Å². The minimum atomic E-state index is 0.435. The number of nitrogens with one attached hydrogen (secondary N) is 1. The largest absolute Gasteiger partial charge is 0.389 e. The van der Waals surface area contributed by atoms with Crippen molar-refractivity contribution < 1.29 is 0 Å². The number of nitrogens with zero attached hydrogens (tertiary/aromatic N) is 1. The van der Waals surface area contributed by atoms with E-state index in [9.17, 15) is 0 Å². The number of halogens is 1. The van der Waals surface area contributed by atoms with Crippen molar-refractivity contribution in [2.75, 3.05) is 25.5 Å². The molecule has 3 N–H and O–H groups in total. The first-order valence-electron chi connectivity index (χ1n) is 6.11. The fraction of sp³-hybridized carbons (Fsp3) is 0.462. The minimum Gasteiger partial charge on any atom is -0.389 e. The van der Waals surface area contributed by atoms with Crippen molar-refractivity contribution in [3.63, 3.8) is 0 Å². The number of thiocarbonyl (C=S) groups is 1. The number of hydrogen-bond acceptors (Lipinski definition) is 3. The molecule has 0 aromatic heterocycles. The van der Waals surface area contributed by atoms with Crippen LogP contribution < -0.4 is 11.1 Å². The molecular weight excluding hydrogens is 310 g/mol. The third-order valence-electron chi connectivity index (χ3n) is 3.45. The lowest BCUT2D eigenvalue weighted by Gasteiger charge is -2.21. The highest BCUT2D eigenvalue weighted by molar-refractivity contribution is 9.10. The van der Waals surface area contributed by atoms with Crippen LogP contribution in [0.4, 0.5) is 5.69 Å². The van der Waals surface area contributed by atoms with Crippen LogP contribution in [-0.4, -0.2) is 36.1 Å². The summed E-state index contributed by atoms with van der Waals surface area (Å²) in [4.78, 5) is 2.83. The molecule has 0 saturated carbocycles. The molecule has 98 valence electrons. The van der Waals surface area contributed by atoms with Gasteiger partial charge < -0.3 is 16.0 Å². The van der Waals surface area contributed by atoms with Gasteiger partial charge in [0.2, 0.25) is 0 Å². The Bertz CT molecular complexity index is 450. The van der Waals surface area contributed by atoms with Gasteiger partial charge in [-0.25, -0.2) is 0 Å². The summed E-state index contributed by atoms with van der Waals surface area (Å²) in [6, 6.07) is 6.54. The summed E-state index contributed by atoms with van der Waals surface area (Å²) in [5, 5.41) is 3.47. The van der Waals surface area contributed by atoms with Crippen LogP contribution in [-0.2, 0) is 0 Å². The zero-order chi connectivity index (χ0) is 13.1. The first-order valence-corrected chi connectivity index (χ1v) is 7.31. The van der Waals surface area contributed by atoms with Gasteiger partial charge in [-0.1, -0.05) is 28.1 Å². The SMILES string of the molecule is CN1CCCC1CNc1cc(Br)ccc1C(N)=S. The standard InChI is InChI=1S/C13H18BrN3S/c1-17-6-2-3-10(17)8-16-12-7-9(14)4-5-11(12)13(15)18/h4-5,7,10,16H,2-3,6,8H2,1H3,(H2,15,18). The Morgan fingerprint density at radius 2 is 2.39 bits per heavy atom. The minimum absolute atomic E-state index is 0.435. The van der Waals surface area contributed by atoms with E-state index < -0.39 is 0 Å². The molecule has 1 atom stereocenters. The zero-order valence-corrected chi connectivity index (χ0v) is 12.9. The molecule has 18 heavy (non-hydrogen) atoms. The number of likely N-dealkylation sites (tertiary alicyclic amines) is 1. The lowest BCUT2D eigenvalue weighted by atomic mass is 10.1. The molecule has 3 nitrogen and oxygen atoms in total. The van der Waals surface area contributed by atoms with Crippen molar-refractivity contribution in [1.82, 2.24) is 4.90 Å². The molecule has 0 spiro atoms. The van der Waals surface area contributed by atoms with E-state index in [1.807, 2.05) is 18.2 Å². The van der Waals surface area contributed by atoms with Crippen molar-refractivity contribution in [1.29, 1.82) is 0 Å². The summed E-state index contributed by atoms with van der Waals surface area (Å²) in [5.41, 5.74) is 7.66. The Kier molecular flexibility index (Phi) is 4.59. The summed E-state index contributed by atoms with van der Waals surface area (Å²) in [5.74, 6) is 0. The Hall–Kier alpha value is -0.650. The molecule has 1 heterocycles. The molecule has 1 aliphatic heterocycles. The van der Waals surface area contributed by atoms with Gasteiger partial charge in [-0.2, -0.15) is 0 Å². The first kappa shape index (κ1) is 13.8. The van der Waals surface area contributed by atoms with Gasteiger partial charge in [0.1, 0.15) is 4.99 Å². The van der Waals surface area contributed by atoms with E-state index in [1.165, 1.54) is 19.4 Å². The monoisotopic (exact) mass is 327 g/mol. The van der Waals surface area contributed by atoms with Gasteiger partial charge in [-0.15, -0.1) is 0 Å². The molecule has 0 aliphatic carbocycles. The maximum atomic E-state index is 5.74. The van der Waals surface area contributed by atoms with Crippen LogP contribution in [0.3, 0.4) is 0 Å². The lowest BCUT2D eigenvalue weighted by molar-refractivity contribution is 0.322. The normalized spacial score (nSPS) is 20.0. The van der Waals surface area contributed by atoms with Gasteiger partial charge in [-0.3, -0.25) is 0 Å². The van der Waals surface area contributed by atoms with Crippen LogP contribution in [0.2, 0.25) is 0 Å². The van der Waals surface area contributed by atoms with Crippen LogP contribution in [0.25, 0.3) is 0 Å². The van der Waals surface area contributed by atoms with E-state index >= 15 is 0 Å². The zero-order valence-electron chi connectivity index (χ0n) is 10.4. The summed E-state index contributed by atoms with van der Waals surface area (Å²) in [6.45, 7) is 2.12. The Labute approximate surface area is 122 Å². The van der Waals surface area contributed by atoms with Crippen LogP contribution in [0, 0.1) is 0 Å². The second-order valence-corrected chi connectivity index (χ2v) is 6.07. The van der Waals surface area contributed by atoms with Crippen molar-refractivity contribution in [2.24, 2.45) is 5.73 Å². The average molecular weight is 328 g/mol. The quantitative estimate of drug-likeness (QED) is 0.834. The van der Waals surface area contributed by atoms with Crippen molar-refractivity contribution >= 4 is 38.8 Å². The highest BCUT2D eigenvalue weighted by Gasteiger charge is 2.20. The number of hydrogen-bond donors (Lipinski definition) is 2. The Morgan fingerprint density at radius 1 is 1.61 bits per heavy atom. The molecule has 1 fully saturated rings. The van der Waals surface area contributed by atoms with E-state index in [2.05, 4.69) is 33.2 Å². The van der Waals surface area contributed by atoms with Gasteiger partial charge >= 0.3 is 0 Å². The van der Waals surface area contributed by atoms with Gasteiger partial charge in [0.15, 0.2) is 0 Å². The maximum absolute atomic E-state index is 5.74. The van der Waals surface area contributed by atoms with E-state index in [0.717, 1.165) is 22.3 Å². The molecule has 1 aromatic carbocycles. The van der Waals surface area contributed by atoms with Gasteiger partial charge in [0, 0.05) is 28.3 Å². The number of benzene rings is 1. The highest BCUT2D eigenvalue weighted by Crippen LogP contribution is 2.23. The number of nitrogens with two attached hydrogens (primary N) is 1. The molecule has 0 radical (unpaired) electrons. The maximum Gasteiger partial charge on any atom is 0.106 e. The van der Waals surface area contributed by atoms with Crippen molar-refractivity contribution in [3.05, 3.63) is 28.2 Å². The Balaban J connectivity index is 2.08. The summed E-state index contributed by atoms with van der Waals surface area (Å²) >= 11 is 8.55. The molecule has 1 aliphatic rings. The summed E-state index contributed by atoms with van der Waals surface area (Å²) in [6.07, 6.45) is 2.53. The van der Waals surface area contributed by atoms with Gasteiger partial charge in [0.05, 0.1) is 0 Å². The topological polar surface area (TPSA) is 41.3 Å². The smallest absolute Gasteiger partial charge is 0.106 e. The summed E-state index contributed by atoms with van der Waals surface area (Å²) < 4.78 is 1.03. The summed E-state index contributed by atoms with van der Waals surface area (Å²) in [7, 11) is 2.18. The second-order valence-electron chi connectivity index (χ2n) is 4.71. The number of likely N-dealkylation sites (N-methyl/N-ethyl adjacent to an activating group) is 1. The predicted molar refractivity (Wildman–Crippen MR) is 84.2 cm³/mol. The van der Waals surface area contributed by atoms with Crippen LogP contribution in [0.15, 0.2) is 22.7 Å². The Morgan fingerprint density at radius 3 is 3.00 bits per heavy atom. The van der Waals surface area contributed by atoms with E-state index in [-0.39, 0.29) is 0 Å². The second kappa shape index (κ2) is 5.99. The highest BCUT2D eigenvalue weighted by atomic mass is 79.9. The van der Waals surface area contributed by atoms with Crippen molar-refractivity contribution in [2.45, 2.75) is 18.9 Å². The molecule has 1 unspecified atom stereocenters.